The maximum atomic E-state index is 5.39. The number of nitrogens with zero attached hydrogens (tertiary/aromatic N) is 2. The standard InChI is InChI=1S/C11H16.C10H15N.C9H13NO/c1-10(2)8-9-11-6-4-3-5-7-11;1-9(2)5-6-10-4-3-7-11-8-10;1-8(2)11-7-9-4-3-5-10-6-9/h3-7,10H,8-9H2,1-2H3;3-4,7-9H,5-6H2,1-2H3;3-6,8H,7H2,1-2H3. The summed E-state index contributed by atoms with van der Waals surface area (Å²) in [6.45, 7) is 13.7. The molecule has 0 bridgehead atoms. The Morgan fingerprint density at radius 2 is 1.09 bits per heavy atom. The summed E-state index contributed by atoms with van der Waals surface area (Å²) >= 11 is 0. The first-order chi connectivity index (χ1) is 15.9. The molecular weight excluding hydrogens is 404 g/mol. The van der Waals surface area contributed by atoms with Gasteiger partial charge in [-0.25, -0.2) is 0 Å². The Hall–Kier alpha value is -2.52. The third kappa shape index (κ3) is 16.7. The molecule has 0 radical (unpaired) electrons. The number of rotatable bonds is 9. The smallest absolute Gasteiger partial charge is 0.0735 e. The van der Waals surface area contributed by atoms with Crippen molar-refractivity contribution in [1.29, 1.82) is 0 Å². The second-order valence-electron chi connectivity index (χ2n) is 9.43. The molecular formula is C30H44N2O. The molecule has 2 heterocycles. The number of benzene rings is 1. The van der Waals surface area contributed by atoms with Crippen LogP contribution in [0.3, 0.4) is 0 Å². The molecule has 0 amide bonds. The SMILES string of the molecule is CC(C)CCc1ccccc1.CC(C)CCc1cccnc1.CC(C)OCc1cccnc1. The predicted molar refractivity (Wildman–Crippen MR) is 141 cm³/mol. The zero-order valence-electron chi connectivity index (χ0n) is 21.6. The number of ether oxygens (including phenoxy) is 1. The molecule has 0 saturated heterocycles. The molecule has 33 heavy (non-hydrogen) atoms. The maximum absolute atomic E-state index is 5.39. The molecule has 0 spiro atoms. The Morgan fingerprint density at radius 3 is 1.55 bits per heavy atom. The first-order valence-electron chi connectivity index (χ1n) is 12.3. The molecule has 0 aliphatic rings. The van der Waals surface area contributed by atoms with Gasteiger partial charge in [0.15, 0.2) is 0 Å². The predicted octanol–water partition coefficient (Wildman–Crippen LogP) is 7.95. The van der Waals surface area contributed by atoms with Crippen LogP contribution in [0.1, 0.15) is 71.1 Å². The first-order valence-corrected chi connectivity index (χ1v) is 12.3. The monoisotopic (exact) mass is 448 g/mol. The highest BCUT2D eigenvalue weighted by molar-refractivity contribution is 5.14. The Balaban J connectivity index is 0.000000247. The highest BCUT2D eigenvalue weighted by Crippen LogP contribution is 2.08. The van der Waals surface area contributed by atoms with Crippen molar-refractivity contribution in [2.24, 2.45) is 11.8 Å². The molecule has 1 aromatic carbocycles. The quantitative estimate of drug-likeness (QED) is 0.333. The molecule has 180 valence electrons. The van der Waals surface area contributed by atoms with Gasteiger partial charge in [-0.1, -0.05) is 70.2 Å². The summed E-state index contributed by atoms with van der Waals surface area (Å²) in [6.07, 6.45) is 12.6. The molecule has 0 atom stereocenters. The van der Waals surface area contributed by atoms with Crippen molar-refractivity contribution in [2.45, 2.75) is 79.9 Å². The normalized spacial score (nSPS) is 10.5. The number of aryl methyl sites for hydroxylation is 2. The van der Waals surface area contributed by atoms with Crippen LogP contribution in [0.2, 0.25) is 0 Å². The Bertz CT molecular complexity index is 690. The summed E-state index contributed by atoms with van der Waals surface area (Å²) in [5, 5.41) is 0. The summed E-state index contributed by atoms with van der Waals surface area (Å²) in [5.41, 5.74) is 3.93. The molecule has 3 rings (SSSR count). The van der Waals surface area contributed by atoms with E-state index < -0.39 is 0 Å². The zero-order valence-corrected chi connectivity index (χ0v) is 21.6. The van der Waals surface area contributed by atoms with Gasteiger partial charge >= 0.3 is 0 Å². The minimum atomic E-state index is 0.287. The fourth-order valence-corrected chi connectivity index (χ4v) is 2.85. The third-order valence-corrected chi connectivity index (χ3v) is 4.89. The third-order valence-electron chi connectivity index (χ3n) is 4.89. The van der Waals surface area contributed by atoms with Crippen LogP contribution >= 0.6 is 0 Å². The van der Waals surface area contributed by atoms with Crippen LogP contribution in [0.5, 0.6) is 0 Å². The van der Waals surface area contributed by atoms with E-state index in [1.807, 2.05) is 50.6 Å². The maximum Gasteiger partial charge on any atom is 0.0735 e. The van der Waals surface area contributed by atoms with E-state index in [0.717, 1.165) is 23.8 Å². The van der Waals surface area contributed by atoms with Gasteiger partial charge in [0.25, 0.3) is 0 Å². The van der Waals surface area contributed by atoms with Crippen molar-refractivity contribution >= 4 is 0 Å². The van der Waals surface area contributed by atoms with Crippen molar-refractivity contribution < 1.29 is 4.74 Å². The Morgan fingerprint density at radius 1 is 0.606 bits per heavy atom. The lowest BCUT2D eigenvalue weighted by Crippen LogP contribution is -2.02. The van der Waals surface area contributed by atoms with Crippen molar-refractivity contribution in [3.05, 3.63) is 96.1 Å². The van der Waals surface area contributed by atoms with Crippen LogP contribution < -0.4 is 0 Å². The van der Waals surface area contributed by atoms with Gasteiger partial charge in [-0.3, -0.25) is 9.97 Å². The van der Waals surface area contributed by atoms with Gasteiger partial charge in [0.2, 0.25) is 0 Å². The van der Waals surface area contributed by atoms with Crippen molar-refractivity contribution in [2.75, 3.05) is 0 Å². The number of pyridine rings is 2. The largest absolute Gasteiger partial charge is 0.374 e. The van der Waals surface area contributed by atoms with E-state index in [1.165, 1.54) is 30.4 Å². The van der Waals surface area contributed by atoms with E-state index in [9.17, 15) is 0 Å². The minimum Gasteiger partial charge on any atom is -0.374 e. The van der Waals surface area contributed by atoms with E-state index >= 15 is 0 Å². The molecule has 0 fully saturated rings. The van der Waals surface area contributed by atoms with E-state index in [-0.39, 0.29) is 6.10 Å². The van der Waals surface area contributed by atoms with Gasteiger partial charge < -0.3 is 4.74 Å². The highest BCUT2D eigenvalue weighted by atomic mass is 16.5. The molecule has 0 saturated carbocycles. The van der Waals surface area contributed by atoms with Gasteiger partial charge in [0, 0.05) is 24.8 Å². The summed E-state index contributed by atoms with van der Waals surface area (Å²) < 4.78 is 5.39. The average Bonchev–Trinajstić information content (AvgIpc) is 2.83. The molecule has 0 aliphatic carbocycles. The zero-order chi connectivity index (χ0) is 24.3. The molecule has 0 aliphatic heterocycles. The van der Waals surface area contributed by atoms with Gasteiger partial charge in [-0.05, 0) is 80.2 Å². The fraction of sp³-hybridized carbons (Fsp3) is 0.467. The second-order valence-corrected chi connectivity index (χ2v) is 9.43. The van der Waals surface area contributed by atoms with E-state index in [0.29, 0.717) is 6.61 Å². The lowest BCUT2D eigenvalue weighted by atomic mass is 10.0. The fourth-order valence-electron chi connectivity index (χ4n) is 2.85. The van der Waals surface area contributed by atoms with Crippen LogP contribution in [-0.4, -0.2) is 16.1 Å². The summed E-state index contributed by atoms with van der Waals surface area (Å²) in [6, 6.07) is 18.7. The molecule has 0 unspecified atom stereocenters. The molecule has 3 aromatic rings. The topological polar surface area (TPSA) is 35.0 Å². The van der Waals surface area contributed by atoms with E-state index in [1.54, 1.807) is 6.20 Å². The van der Waals surface area contributed by atoms with Crippen LogP contribution in [-0.2, 0) is 24.2 Å². The van der Waals surface area contributed by atoms with Crippen LogP contribution in [0.15, 0.2) is 79.4 Å². The lowest BCUT2D eigenvalue weighted by Gasteiger charge is -2.05. The van der Waals surface area contributed by atoms with Crippen molar-refractivity contribution in [3.63, 3.8) is 0 Å². The highest BCUT2D eigenvalue weighted by Gasteiger charge is 1.96. The van der Waals surface area contributed by atoms with Crippen LogP contribution in [0.4, 0.5) is 0 Å². The second kappa shape index (κ2) is 18.0. The van der Waals surface area contributed by atoms with Crippen LogP contribution in [0.25, 0.3) is 0 Å². The minimum absolute atomic E-state index is 0.287. The van der Waals surface area contributed by atoms with Gasteiger partial charge in [-0.15, -0.1) is 0 Å². The lowest BCUT2D eigenvalue weighted by molar-refractivity contribution is 0.0655. The number of hydrogen-bond acceptors (Lipinski definition) is 3. The molecule has 0 N–H and O–H groups in total. The van der Waals surface area contributed by atoms with Crippen LogP contribution in [0, 0.1) is 11.8 Å². The first kappa shape index (κ1) is 28.5. The summed E-state index contributed by atoms with van der Waals surface area (Å²) in [5.74, 6) is 1.60. The Labute approximate surface area is 202 Å². The molecule has 3 nitrogen and oxygen atoms in total. The summed E-state index contributed by atoms with van der Waals surface area (Å²) in [7, 11) is 0. The molecule has 3 heteroatoms. The van der Waals surface area contributed by atoms with E-state index in [4.69, 9.17) is 4.74 Å². The number of hydrogen-bond donors (Lipinski definition) is 0. The van der Waals surface area contributed by atoms with Gasteiger partial charge in [0.1, 0.15) is 0 Å². The van der Waals surface area contributed by atoms with Gasteiger partial charge in [0.05, 0.1) is 12.7 Å². The van der Waals surface area contributed by atoms with Crippen molar-refractivity contribution in [1.82, 2.24) is 9.97 Å². The molecule has 2 aromatic heterocycles. The van der Waals surface area contributed by atoms with E-state index in [2.05, 4.69) is 74.1 Å². The van der Waals surface area contributed by atoms with Crippen molar-refractivity contribution in [3.8, 4) is 0 Å². The Kier molecular flexibility index (Phi) is 15.5. The summed E-state index contributed by atoms with van der Waals surface area (Å²) in [4.78, 5) is 8.05. The van der Waals surface area contributed by atoms with Gasteiger partial charge in [-0.2, -0.15) is 0 Å². The average molecular weight is 449 g/mol. The number of aromatic nitrogens is 2.